The third kappa shape index (κ3) is 9.03. The van der Waals surface area contributed by atoms with E-state index in [1.54, 1.807) is 0 Å². The largest absolute Gasteiger partial charge is 2.00 e. The monoisotopic (exact) mass is 1090 g/mol. The molecular weight excluding hydrogens is 1040 g/mol. The van der Waals surface area contributed by atoms with Gasteiger partial charge >= 0.3 is 27.1 Å². The molecule has 3 heterocycles. The Kier molecular flexibility index (Phi) is 12.4. The van der Waals surface area contributed by atoms with E-state index in [1.807, 2.05) is 95.9 Å². The Morgan fingerprint density at radius 1 is 0.638 bits per heavy atom. The molecule has 10 rings (SSSR count). The molecule has 0 aliphatic carbocycles. The summed E-state index contributed by atoms with van der Waals surface area (Å²) in [6.07, 6.45) is 1.86. The summed E-state index contributed by atoms with van der Waals surface area (Å²) in [7, 11) is 0. The molecule has 0 N–H and O–H groups in total. The maximum Gasteiger partial charge on any atom is 2.00 e. The van der Waals surface area contributed by atoms with Crippen LogP contribution in [0.5, 0.6) is 11.5 Å². The standard InChI is InChI=1S/C61H54F2N4O.Pt/c1-37(2)40-25-41(38(3)4)27-43(26-40)51-16-14-17-52(44-28-46(62)33-47(63)29-44)60(51)66-36-65(56-19-12-13-20-57(56)66)48-30-42(39(5)6)31-50(34-48)68-49-21-22-54-53-15-10-11-18-55(53)67(58(54)35-49)59-32-45(23-24-64-59)61(7,8)9;/h10-33,37-39H,1-9H3;/q;+2/i39D;. The van der Waals surface area contributed by atoms with Crippen molar-refractivity contribution >= 4 is 50.6 Å². The Hall–Kier alpha value is -6.78. The van der Waals surface area contributed by atoms with Crippen LogP contribution in [0.4, 0.5) is 31.5 Å². The molecule has 8 heteroatoms. The molecule has 0 unspecified atom stereocenters. The molecule has 9 aromatic rings. The van der Waals surface area contributed by atoms with E-state index < -0.39 is 17.5 Å². The number of benzene rings is 7. The second kappa shape index (κ2) is 18.6. The molecule has 0 spiro atoms. The summed E-state index contributed by atoms with van der Waals surface area (Å²) in [6.45, 7) is 19.0. The molecule has 0 saturated carbocycles. The summed E-state index contributed by atoms with van der Waals surface area (Å²) >= 11 is 0. The van der Waals surface area contributed by atoms with Crippen molar-refractivity contribution in [2.24, 2.45) is 0 Å². The first-order chi connectivity index (χ1) is 32.9. The van der Waals surface area contributed by atoms with Gasteiger partial charge in [0.05, 0.1) is 11.1 Å². The first kappa shape index (κ1) is 46.0. The van der Waals surface area contributed by atoms with Crippen molar-refractivity contribution in [2.45, 2.75) is 85.5 Å². The Bertz CT molecular complexity index is 3540. The predicted molar refractivity (Wildman–Crippen MR) is 275 cm³/mol. The van der Waals surface area contributed by atoms with Gasteiger partial charge in [-0.25, -0.2) is 13.8 Å². The number of para-hydroxylation sites is 4. The third-order valence-corrected chi connectivity index (χ3v) is 12.9. The molecule has 0 saturated heterocycles. The van der Waals surface area contributed by atoms with Crippen LogP contribution in [0.2, 0.25) is 0 Å². The van der Waals surface area contributed by atoms with Crippen LogP contribution in [0.25, 0.3) is 49.9 Å². The first-order valence-electron chi connectivity index (χ1n) is 23.8. The van der Waals surface area contributed by atoms with Crippen molar-refractivity contribution in [3.8, 4) is 39.6 Å². The van der Waals surface area contributed by atoms with Crippen molar-refractivity contribution in [2.75, 3.05) is 0 Å². The van der Waals surface area contributed by atoms with Crippen LogP contribution in [-0.2, 0) is 26.5 Å². The van der Waals surface area contributed by atoms with Gasteiger partial charge in [0, 0.05) is 42.8 Å². The van der Waals surface area contributed by atoms with E-state index >= 15 is 8.78 Å². The van der Waals surface area contributed by atoms with Crippen molar-refractivity contribution in [1.29, 1.82) is 0 Å². The molecule has 1 aliphatic heterocycles. The zero-order valence-electron chi connectivity index (χ0n) is 41.3. The van der Waals surface area contributed by atoms with Gasteiger partial charge in [0.15, 0.2) is 0 Å². The van der Waals surface area contributed by atoms with Gasteiger partial charge in [-0.3, -0.25) is 0 Å². The van der Waals surface area contributed by atoms with Crippen LogP contribution in [0.3, 0.4) is 0 Å². The molecule has 5 nitrogen and oxygen atoms in total. The maximum atomic E-state index is 15.1. The van der Waals surface area contributed by atoms with Gasteiger partial charge in [-0.1, -0.05) is 139 Å². The maximum absolute atomic E-state index is 15.1. The van der Waals surface area contributed by atoms with Crippen LogP contribution in [0, 0.1) is 23.8 Å². The molecule has 1 aliphatic rings. The molecule has 0 amide bonds. The van der Waals surface area contributed by atoms with Crippen molar-refractivity contribution < 1.29 is 36.0 Å². The number of hydrogen-bond acceptors (Lipinski definition) is 2. The normalized spacial score (nSPS) is 12.9. The summed E-state index contributed by atoms with van der Waals surface area (Å²) in [5.41, 5.74) is 11.8. The quantitative estimate of drug-likeness (QED) is 0.101. The summed E-state index contributed by atoms with van der Waals surface area (Å²) in [4.78, 5) is 4.85. The van der Waals surface area contributed by atoms with Crippen LogP contribution < -0.4 is 13.9 Å². The Morgan fingerprint density at radius 3 is 1.93 bits per heavy atom. The van der Waals surface area contributed by atoms with Crippen LogP contribution >= 0.6 is 0 Å². The van der Waals surface area contributed by atoms with E-state index in [0.29, 0.717) is 39.6 Å². The van der Waals surface area contributed by atoms with E-state index in [0.717, 1.165) is 56.2 Å². The number of halogens is 2. The van der Waals surface area contributed by atoms with Crippen LogP contribution in [-0.4, -0.2) is 15.6 Å². The number of fused-ring (bicyclic) bond motifs is 4. The number of hydrogen-bond donors (Lipinski definition) is 0. The third-order valence-electron chi connectivity index (χ3n) is 12.9. The topological polar surface area (TPSA) is 33.1 Å². The molecule has 346 valence electrons. The molecule has 7 aromatic carbocycles. The molecule has 0 atom stereocenters. The van der Waals surface area contributed by atoms with Crippen molar-refractivity contribution in [3.63, 3.8) is 0 Å². The minimum absolute atomic E-state index is 0. The SMILES string of the molecule is [2H]C(C)(C)c1cc(Oc2[c-]c3c(cc2)c2ccccc2n3-c2cc(C(C)(C)C)ccn2)[c-]c([N+]2=C=[N+](c3c(-c4cc(F)cc(F)c4)cccc3-c3cc(C(C)C)cc(C(C)C)c3)c3ccccc32)c1.[Pt+2]. The van der Waals surface area contributed by atoms with Gasteiger partial charge in [-0.2, -0.15) is 6.07 Å². The van der Waals surface area contributed by atoms with E-state index in [9.17, 15) is 1.37 Å². The molecule has 69 heavy (non-hydrogen) atoms. The average molecular weight is 1090 g/mol. The van der Waals surface area contributed by atoms with Gasteiger partial charge in [0.2, 0.25) is 5.69 Å². The number of pyridine rings is 1. The van der Waals surface area contributed by atoms with Gasteiger partial charge in [0.25, 0.3) is 11.4 Å². The number of ether oxygens (including phenoxy) is 1. The zero-order valence-corrected chi connectivity index (χ0v) is 42.6. The Balaban J connectivity index is 0.00000608. The zero-order chi connectivity index (χ0) is 48.5. The van der Waals surface area contributed by atoms with E-state index in [1.165, 1.54) is 28.8 Å². The average Bonchev–Trinajstić information content (AvgIpc) is 3.86. The molecular formula is C61H54F2N4OPt+2. The fraction of sp³-hybridized carbons (Fsp3) is 0.213. The van der Waals surface area contributed by atoms with Gasteiger partial charge in [0.1, 0.15) is 23.1 Å². The van der Waals surface area contributed by atoms with Crippen LogP contribution in [0.15, 0.2) is 146 Å². The Labute approximate surface area is 419 Å². The minimum atomic E-state index is -1.03. The molecule has 0 bridgehead atoms. The summed E-state index contributed by atoms with van der Waals surface area (Å²) < 4.78 is 52.4. The van der Waals surface area contributed by atoms with E-state index in [2.05, 4.69) is 126 Å². The second-order valence-electron chi connectivity index (χ2n) is 19.6. The molecule has 2 aromatic heterocycles. The van der Waals surface area contributed by atoms with Gasteiger partial charge in [-0.05, 0) is 103 Å². The number of aromatic nitrogens is 2. The first-order valence-corrected chi connectivity index (χ1v) is 23.3. The summed E-state index contributed by atoms with van der Waals surface area (Å²) in [5, 5.41) is 2.09. The molecule has 0 fully saturated rings. The number of rotatable bonds is 10. The number of nitrogens with zero attached hydrogens (tertiary/aromatic N) is 4. The summed E-state index contributed by atoms with van der Waals surface area (Å²) in [5.74, 6) is -0.165. The predicted octanol–water partition coefficient (Wildman–Crippen LogP) is 16.7. The second-order valence-corrected chi connectivity index (χ2v) is 19.6. The fourth-order valence-electron chi connectivity index (χ4n) is 9.15. The fourth-order valence-corrected chi connectivity index (χ4v) is 9.15. The van der Waals surface area contributed by atoms with Crippen LogP contribution in [0.1, 0.15) is 104 Å². The summed E-state index contributed by atoms with van der Waals surface area (Å²) in [6, 6.07) is 55.3. The van der Waals surface area contributed by atoms with E-state index in [-0.39, 0.29) is 38.3 Å². The molecule has 0 radical (unpaired) electrons. The minimum Gasteiger partial charge on any atom is -0.509 e. The smallest absolute Gasteiger partial charge is 0.509 e. The van der Waals surface area contributed by atoms with Crippen molar-refractivity contribution in [3.05, 3.63) is 192 Å². The Morgan fingerprint density at radius 2 is 1.28 bits per heavy atom. The van der Waals surface area contributed by atoms with Gasteiger partial charge in [-0.15, -0.1) is 29.1 Å². The van der Waals surface area contributed by atoms with E-state index in [4.69, 9.17) is 9.72 Å². The van der Waals surface area contributed by atoms with Crippen molar-refractivity contribution in [1.82, 2.24) is 18.7 Å². The van der Waals surface area contributed by atoms with Gasteiger partial charge < -0.3 is 9.30 Å².